The fourth-order valence-electron chi connectivity index (χ4n) is 10.6. The Kier molecular flexibility index (Phi) is 20.9. The Balaban J connectivity index is 0.000000233. The van der Waals surface area contributed by atoms with Crippen LogP contribution in [0.3, 0.4) is 0 Å². The zero-order valence-corrected chi connectivity index (χ0v) is 48.7. The van der Waals surface area contributed by atoms with Crippen LogP contribution in [0.4, 0.5) is 17.1 Å². The van der Waals surface area contributed by atoms with Gasteiger partial charge in [0.2, 0.25) is 0 Å². The van der Waals surface area contributed by atoms with E-state index in [4.69, 9.17) is 17.2 Å². The fourth-order valence-corrected chi connectivity index (χ4v) is 10.6. The van der Waals surface area contributed by atoms with Crippen molar-refractivity contribution >= 4 is 17.1 Å². The van der Waals surface area contributed by atoms with Crippen molar-refractivity contribution in [2.45, 2.75) is 213 Å². The predicted molar refractivity (Wildman–Crippen MR) is 317 cm³/mol. The van der Waals surface area contributed by atoms with Crippen molar-refractivity contribution in [3.8, 4) is 0 Å². The standard InChI is InChI=1S/C26H39N.C22H31N.C20H27N/c1-15(2)22-11-20(12-23(16(3)4)19(22)9)10-21-13-24(17(5)6)26(27)25(14-21)18(7)8;1-13(2)20-11-18(8-15(5)17(20)7)10-19-9-16(6)22(23)21(12-19)14(3)4;1-6-18-11-16(8-13(3)15(18)5)10-17-9-14(4)20(21)19(7-2)12-17/h11-18H,10,27H2,1-9H3;8-9,11-14H,10,23H2,1-7H3;8-9,11-12H,6-7,10,21H2,1-5H3. The molecule has 0 aliphatic carbocycles. The van der Waals surface area contributed by atoms with E-state index < -0.39 is 0 Å². The third-order valence-corrected chi connectivity index (χ3v) is 15.2. The molecule has 0 aliphatic heterocycles. The molecular formula is C68H97N3. The summed E-state index contributed by atoms with van der Waals surface area (Å²) in [5.41, 5.74) is 50.6. The zero-order chi connectivity index (χ0) is 53.3. The largest absolute Gasteiger partial charge is 0.398 e. The van der Waals surface area contributed by atoms with Crippen LogP contribution in [-0.2, 0) is 32.1 Å². The molecule has 6 aromatic rings. The summed E-state index contributed by atoms with van der Waals surface area (Å²) in [7, 11) is 0. The number of rotatable bonds is 14. The quantitative estimate of drug-likeness (QED) is 0.0952. The number of benzene rings is 6. The second-order valence-corrected chi connectivity index (χ2v) is 23.0. The van der Waals surface area contributed by atoms with Gasteiger partial charge in [-0.1, -0.05) is 170 Å². The highest BCUT2D eigenvalue weighted by molar-refractivity contribution is 5.60. The first kappa shape index (κ1) is 58.3. The normalized spacial score (nSPS) is 11.5. The maximum absolute atomic E-state index is 6.50. The average Bonchev–Trinajstić information content (AvgIpc) is 3.29. The van der Waals surface area contributed by atoms with Gasteiger partial charge in [-0.25, -0.2) is 0 Å². The Morgan fingerprint density at radius 1 is 0.282 bits per heavy atom. The number of hydrogen-bond acceptors (Lipinski definition) is 3. The summed E-state index contributed by atoms with van der Waals surface area (Å²) in [4.78, 5) is 0. The van der Waals surface area contributed by atoms with E-state index in [0.717, 1.165) is 49.2 Å². The molecule has 0 bridgehead atoms. The van der Waals surface area contributed by atoms with Crippen molar-refractivity contribution < 1.29 is 0 Å². The van der Waals surface area contributed by atoms with E-state index in [0.29, 0.717) is 35.5 Å². The number of nitrogen functional groups attached to an aromatic ring is 3. The molecule has 0 saturated carbocycles. The van der Waals surface area contributed by atoms with Crippen molar-refractivity contribution in [2.75, 3.05) is 17.2 Å². The summed E-state index contributed by atoms with van der Waals surface area (Å²) in [5.74, 6) is 3.00. The Hall–Kier alpha value is -5.28. The highest BCUT2D eigenvalue weighted by Crippen LogP contribution is 2.35. The topological polar surface area (TPSA) is 78.1 Å². The molecular weight excluding hydrogens is 859 g/mol. The summed E-state index contributed by atoms with van der Waals surface area (Å²) < 4.78 is 0. The van der Waals surface area contributed by atoms with Crippen LogP contribution >= 0.6 is 0 Å². The van der Waals surface area contributed by atoms with Gasteiger partial charge < -0.3 is 17.2 Å². The van der Waals surface area contributed by atoms with Crippen LogP contribution in [0.1, 0.15) is 249 Å². The first-order chi connectivity index (χ1) is 33.2. The minimum Gasteiger partial charge on any atom is -0.398 e. The van der Waals surface area contributed by atoms with Gasteiger partial charge in [-0.2, -0.15) is 0 Å². The first-order valence-corrected chi connectivity index (χ1v) is 27.2. The number of hydrogen-bond donors (Lipinski definition) is 3. The molecule has 0 aromatic heterocycles. The van der Waals surface area contributed by atoms with Gasteiger partial charge in [0.1, 0.15) is 0 Å². The van der Waals surface area contributed by atoms with Gasteiger partial charge in [-0.3, -0.25) is 0 Å². The first-order valence-electron chi connectivity index (χ1n) is 27.2. The summed E-state index contributed by atoms with van der Waals surface area (Å²) in [6.45, 7) is 46.9. The summed E-state index contributed by atoms with van der Waals surface area (Å²) in [6, 6.07) is 27.9. The van der Waals surface area contributed by atoms with Gasteiger partial charge in [0.05, 0.1) is 0 Å². The summed E-state index contributed by atoms with van der Waals surface area (Å²) >= 11 is 0. The Morgan fingerprint density at radius 2 is 0.549 bits per heavy atom. The lowest BCUT2D eigenvalue weighted by Gasteiger charge is -2.21. The molecule has 6 rings (SSSR count). The maximum atomic E-state index is 6.50. The van der Waals surface area contributed by atoms with Crippen molar-refractivity contribution in [1.29, 1.82) is 0 Å². The van der Waals surface area contributed by atoms with Crippen LogP contribution in [0.2, 0.25) is 0 Å². The molecule has 0 unspecified atom stereocenters. The Morgan fingerprint density at radius 3 is 0.915 bits per heavy atom. The monoisotopic (exact) mass is 956 g/mol. The van der Waals surface area contributed by atoms with Crippen molar-refractivity contribution in [3.63, 3.8) is 0 Å². The molecule has 0 amide bonds. The molecule has 0 spiro atoms. The zero-order valence-electron chi connectivity index (χ0n) is 48.7. The molecule has 6 N–H and O–H groups in total. The molecule has 0 fully saturated rings. The molecule has 384 valence electrons. The van der Waals surface area contributed by atoms with Gasteiger partial charge in [-0.05, 0) is 233 Å². The lowest BCUT2D eigenvalue weighted by Crippen LogP contribution is -2.06. The lowest BCUT2D eigenvalue weighted by molar-refractivity contribution is 0.811. The van der Waals surface area contributed by atoms with E-state index in [1.165, 1.54) is 117 Å². The van der Waals surface area contributed by atoms with Crippen molar-refractivity contribution in [2.24, 2.45) is 0 Å². The molecule has 3 heteroatoms. The second kappa shape index (κ2) is 25.4. The van der Waals surface area contributed by atoms with Crippen LogP contribution in [-0.4, -0.2) is 0 Å². The second-order valence-electron chi connectivity index (χ2n) is 23.0. The summed E-state index contributed by atoms with van der Waals surface area (Å²) in [6.07, 6.45) is 5.03. The predicted octanol–water partition coefficient (Wildman–Crippen LogP) is 18.6. The minimum absolute atomic E-state index is 0.443. The van der Waals surface area contributed by atoms with Crippen LogP contribution in [0, 0.1) is 48.5 Å². The molecule has 0 aliphatic rings. The molecule has 0 heterocycles. The smallest absolute Gasteiger partial charge is 0.0384 e. The Labute approximate surface area is 434 Å². The maximum Gasteiger partial charge on any atom is 0.0384 e. The van der Waals surface area contributed by atoms with Gasteiger partial charge in [-0.15, -0.1) is 0 Å². The van der Waals surface area contributed by atoms with Gasteiger partial charge in [0.25, 0.3) is 0 Å². The highest BCUT2D eigenvalue weighted by Gasteiger charge is 2.18. The Bertz CT molecular complexity index is 2510. The van der Waals surface area contributed by atoms with Crippen LogP contribution in [0.15, 0.2) is 72.8 Å². The average molecular weight is 957 g/mol. The van der Waals surface area contributed by atoms with Crippen molar-refractivity contribution in [3.05, 3.63) is 190 Å². The lowest BCUT2D eigenvalue weighted by atomic mass is 9.85. The van der Waals surface area contributed by atoms with Crippen LogP contribution in [0.5, 0.6) is 0 Å². The number of aryl methyl sites for hydroxylation is 6. The van der Waals surface area contributed by atoms with Gasteiger partial charge in [0, 0.05) is 17.1 Å². The minimum atomic E-state index is 0.443. The van der Waals surface area contributed by atoms with Crippen LogP contribution in [0.25, 0.3) is 0 Å². The molecule has 71 heavy (non-hydrogen) atoms. The van der Waals surface area contributed by atoms with E-state index in [1.807, 2.05) is 0 Å². The molecule has 0 radical (unpaired) electrons. The molecule has 6 aromatic carbocycles. The molecule has 0 atom stereocenters. The molecule has 0 saturated heterocycles. The van der Waals surface area contributed by atoms with E-state index in [-0.39, 0.29) is 0 Å². The van der Waals surface area contributed by atoms with E-state index in [9.17, 15) is 0 Å². The third kappa shape index (κ3) is 14.9. The van der Waals surface area contributed by atoms with Crippen molar-refractivity contribution in [1.82, 2.24) is 0 Å². The fraction of sp³-hybridized carbons (Fsp3) is 0.471. The number of nitrogens with two attached hydrogens (primary N) is 3. The van der Waals surface area contributed by atoms with Gasteiger partial charge >= 0.3 is 0 Å². The van der Waals surface area contributed by atoms with Gasteiger partial charge in [0.15, 0.2) is 0 Å². The SMILES string of the molecule is CCc1cc(Cc2cc(C)c(N)c(CC)c2)cc(C)c1C.Cc1c(C(C)C)cc(Cc2cc(C(C)C)c(N)c(C(C)C)c2)cc1C(C)C.Cc1cc(Cc2cc(C)c(N)c(C(C)C)c2)cc(C(C)C)c1C. The highest BCUT2D eigenvalue weighted by atomic mass is 14.6. The number of anilines is 3. The van der Waals surface area contributed by atoms with Crippen LogP contribution < -0.4 is 17.2 Å². The van der Waals surface area contributed by atoms with E-state index in [2.05, 4.69) is 218 Å². The summed E-state index contributed by atoms with van der Waals surface area (Å²) in [5, 5.41) is 0. The third-order valence-electron chi connectivity index (χ3n) is 15.2. The van der Waals surface area contributed by atoms with E-state index in [1.54, 1.807) is 0 Å². The molecule has 3 nitrogen and oxygen atoms in total. The van der Waals surface area contributed by atoms with E-state index >= 15 is 0 Å².